The lowest BCUT2D eigenvalue weighted by Crippen LogP contribution is -2.43. The third-order valence-electron chi connectivity index (χ3n) is 3.19. The standard InChI is InChI=1S/C14H24N2O2S/c1-5-9-14(3,4)16-19(17,18)13-8-6-7-12(10-15)11(13)2/h6-8,16H,5,9-10,15H2,1-4H3. The van der Waals surface area contributed by atoms with Crippen LogP contribution in [0, 0.1) is 6.92 Å². The van der Waals surface area contributed by atoms with Crippen molar-refractivity contribution in [1.29, 1.82) is 0 Å². The van der Waals surface area contributed by atoms with Crippen molar-refractivity contribution in [3.63, 3.8) is 0 Å². The van der Waals surface area contributed by atoms with Crippen LogP contribution in [-0.4, -0.2) is 14.0 Å². The van der Waals surface area contributed by atoms with Crippen molar-refractivity contribution in [2.45, 2.75) is 57.5 Å². The van der Waals surface area contributed by atoms with Crippen molar-refractivity contribution >= 4 is 10.0 Å². The van der Waals surface area contributed by atoms with Gasteiger partial charge in [0.15, 0.2) is 0 Å². The fourth-order valence-corrected chi connectivity index (χ4v) is 4.00. The minimum atomic E-state index is -3.51. The van der Waals surface area contributed by atoms with Crippen molar-refractivity contribution in [2.24, 2.45) is 5.73 Å². The summed E-state index contributed by atoms with van der Waals surface area (Å²) in [5, 5.41) is 0. The molecule has 19 heavy (non-hydrogen) atoms. The smallest absolute Gasteiger partial charge is 0.241 e. The molecule has 1 aromatic carbocycles. The molecule has 1 aromatic rings. The molecule has 0 aliphatic heterocycles. The molecule has 0 radical (unpaired) electrons. The number of sulfonamides is 1. The van der Waals surface area contributed by atoms with Crippen LogP contribution in [0.2, 0.25) is 0 Å². The monoisotopic (exact) mass is 284 g/mol. The van der Waals surface area contributed by atoms with Crippen molar-refractivity contribution in [3.05, 3.63) is 29.3 Å². The van der Waals surface area contributed by atoms with Crippen molar-refractivity contribution in [2.75, 3.05) is 0 Å². The van der Waals surface area contributed by atoms with E-state index in [0.717, 1.165) is 24.0 Å². The van der Waals surface area contributed by atoms with Crippen molar-refractivity contribution in [3.8, 4) is 0 Å². The molecule has 0 spiro atoms. The van der Waals surface area contributed by atoms with Crippen molar-refractivity contribution in [1.82, 2.24) is 4.72 Å². The maximum absolute atomic E-state index is 12.5. The molecule has 0 saturated heterocycles. The molecule has 3 N–H and O–H groups in total. The average molecular weight is 284 g/mol. The minimum Gasteiger partial charge on any atom is -0.326 e. The fourth-order valence-electron chi connectivity index (χ4n) is 2.27. The Morgan fingerprint density at radius 1 is 1.32 bits per heavy atom. The van der Waals surface area contributed by atoms with Crippen LogP contribution in [0.15, 0.2) is 23.1 Å². The molecular weight excluding hydrogens is 260 g/mol. The van der Waals surface area contributed by atoms with Gasteiger partial charge in [-0.2, -0.15) is 0 Å². The molecule has 108 valence electrons. The van der Waals surface area contributed by atoms with E-state index in [1.807, 2.05) is 26.8 Å². The summed E-state index contributed by atoms with van der Waals surface area (Å²) in [6.45, 7) is 7.97. The molecule has 0 bridgehead atoms. The number of nitrogens with two attached hydrogens (primary N) is 1. The number of nitrogens with one attached hydrogen (secondary N) is 1. The highest BCUT2D eigenvalue weighted by Crippen LogP contribution is 2.21. The van der Waals surface area contributed by atoms with E-state index in [1.165, 1.54) is 0 Å². The molecule has 5 heteroatoms. The first-order valence-electron chi connectivity index (χ1n) is 6.56. The Morgan fingerprint density at radius 2 is 1.95 bits per heavy atom. The van der Waals surface area contributed by atoms with Gasteiger partial charge in [-0.05, 0) is 44.4 Å². The number of rotatable bonds is 6. The highest BCUT2D eigenvalue weighted by molar-refractivity contribution is 7.89. The Balaban J connectivity index is 3.15. The van der Waals surface area contributed by atoms with E-state index in [-0.39, 0.29) is 0 Å². The Hall–Kier alpha value is -0.910. The molecule has 0 saturated carbocycles. The van der Waals surface area contributed by atoms with E-state index >= 15 is 0 Å². The van der Waals surface area contributed by atoms with Gasteiger partial charge in [0, 0.05) is 12.1 Å². The van der Waals surface area contributed by atoms with Gasteiger partial charge in [-0.25, -0.2) is 13.1 Å². The zero-order valence-corrected chi connectivity index (χ0v) is 13.0. The molecule has 0 amide bonds. The largest absolute Gasteiger partial charge is 0.326 e. The van der Waals surface area contributed by atoms with Crippen LogP contribution in [0.25, 0.3) is 0 Å². The Bertz CT molecular complexity index is 536. The Labute approximate surface area is 116 Å². The summed E-state index contributed by atoms with van der Waals surface area (Å²) < 4.78 is 27.7. The van der Waals surface area contributed by atoms with Crippen LogP contribution >= 0.6 is 0 Å². The predicted molar refractivity (Wildman–Crippen MR) is 78.4 cm³/mol. The third-order valence-corrected chi connectivity index (χ3v) is 5.03. The van der Waals surface area contributed by atoms with Gasteiger partial charge >= 0.3 is 0 Å². The Morgan fingerprint density at radius 3 is 2.47 bits per heavy atom. The van der Waals surface area contributed by atoms with Gasteiger partial charge < -0.3 is 5.73 Å². The molecule has 1 rings (SSSR count). The second-order valence-corrected chi connectivity index (χ2v) is 7.13. The van der Waals surface area contributed by atoms with E-state index < -0.39 is 15.6 Å². The van der Waals surface area contributed by atoms with Gasteiger partial charge in [-0.3, -0.25) is 0 Å². The molecule has 0 heterocycles. The first kappa shape index (κ1) is 16.1. The predicted octanol–water partition coefficient (Wildman–Crippen LogP) is 2.31. The normalized spacial score (nSPS) is 12.7. The van der Waals surface area contributed by atoms with E-state index in [1.54, 1.807) is 19.1 Å². The second-order valence-electron chi connectivity index (χ2n) is 5.48. The zero-order chi connectivity index (χ0) is 14.7. The summed E-state index contributed by atoms with van der Waals surface area (Å²) in [5.41, 5.74) is 6.76. The SMILES string of the molecule is CCCC(C)(C)NS(=O)(=O)c1cccc(CN)c1C. The summed E-state index contributed by atoms with van der Waals surface area (Å²) in [7, 11) is -3.51. The fraction of sp³-hybridized carbons (Fsp3) is 0.571. The first-order chi connectivity index (χ1) is 8.73. The van der Waals surface area contributed by atoms with Gasteiger partial charge in [-0.15, -0.1) is 0 Å². The summed E-state index contributed by atoms with van der Waals surface area (Å²) in [5.74, 6) is 0. The van der Waals surface area contributed by atoms with Crippen molar-refractivity contribution < 1.29 is 8.42 Å². The minimum absolute atomic E-state index is 0.319. The molecule has 0 aliphatic carbocycles. The summed E-state index contributed by atoms with van der Waals surface area (Å²) in [4.78, 5) is 0.319. The maximum atomic E-state index is 12.5. The maximum Gasteiger partial charge on any atom is 0.241 e. The molecule has 0 aromatic heterocycles. The lowest BCUT2D eigenvalue weighted by atomic mass is 10.0. The summed E-state index contributed by atoms with van der Waals surface area (Å²) >= 11 is 0. The van der Waals surface area contributed by atoms with Crippen LogP contribution in [0.1, 0.15) is 44.7 Å². The molecule has 0 fully saturated rings. The zero-order valence-electron chi connectivity index (χ0n) is 12.2. The number of benzene rings is 1. The molecular formula is C14H24N2O2S. The van der Waals surface area contributed by atoms with Gasteiger partial charge in [0.2, 0.25) is 10.0 Å². The lowest BCUT2D eigenvalue weighted by molar-refractivity contribution is 0.417. The van der Waals surface area contributed by atoms with Gasteiger partial charge in [-0.1, -0.05) is 25.5 Å². The van der Waals surface area contributed by atoms with Crippen LogP contribution in [0.3, 0.4) is 0 Å². The quantitative estimate of drug-likeness (QED) is 0.842. The van der Waals surface area contributed by atoms with Crippen LogP contribution in [0.4, 0.5) is 0 Å². The van der Waals surface area contributed by atoms with Gasteiger partial charge in [0.1, 0.15) is 0 Å². The second kappa shape index (κ2) is 6.03. The lowest BCUT2D eigenvalue weighted by Gasteiger charge is -2.26. The highest BCUT2D eigenvalue weighted by atomic mass is 32.2. The molecule has 4 nitrogen and oxygen atoms in total. The molecule has 0 aliphatic rings. The van der Waals surface area contributed by atoms with Gasteiger partial charge in [0.25, 0.3) is 0 Å². The van der Waals surface area contributed by atoms with E-state index in [4.69, 9.17) is 5.73 Å². The van der Waals surface area contributed by atoms with Crippen LogP contribution < -0.4 is 10.5 Å². The topological polar surface area (TPSA) is 72.2 Å². The average Bonchev–Trinajstić information content (AvgIpc) is 2.27. The van der Waals surface area contributed by atoms with Gasteiger partial charge in [0.05, 0.1) is 4.90 Å². The highest BCUT2D eigenvalue weighted by Gasteiger charge is 2.26. The Kier molecular flexibility index (Phi) is 5.12. The van der Waals surface area contributed by atoms with E-state index in [0.29, 0.717) is 11.4 Å². The van der Waals surface area contributed by atoms with Crippen LogP contribution in [-0.2, 0) is 16.6 Å². The van der Waals surface area contributed by atoms with Crippen LogP contribution in [0.5, 0.6) is 0 Å². The number of hydrogen-bond donors (Lipinski definition) is 2. The number of hydrogen-bond acceptors (Lipinski definition) is 3. The summed E-state index contributed by atoms with van der Waals surface area (Å²) in [6.07, 6.45) is 1.72. The summed E-state index contributed by atoms with van der Waals surface area (Å²) in [6, 6.07) is 5.21. The molecule has 0 atom stereocenters. The molecule has 0 unspecified atom stereocenters. The van der Waals surface area contributed by atoms with E-state index in [2.05, 4.69) is 4.72 Å². The van der Waals surface area contributed by atoms with E-state index in [9.17, 15) is 8.42 Å². The first-order valence-corrected chi connectivity index (χ1v) is 8.04. The third kappa shape index (κ3) is 4.03.